The van der Waals surface area contributed by atoms with Gasteiger partial charge in [0.1, 0.15) is 0 Å². The summed E-state index contributed by atoms with van der Waals surface area (Å²) in [5, 5.41) is 18.9. The fourth-order valence-corrected chi connectivity index (χ4v) is 4.22. The Morgan fingerprint density at radius 2 is 1.94 bits per heavy atom. The van der Waals surface area contributed by atoms with Crippen molar-refractivity contribution in [2.75, 3.05) is 0 Å². The largest absolute Gasteiger partial charge is 0.479 e. The summed E-state index contributed by atoms with van der Waals surface area (Å²) in [7, 11) is 0. The maximum atomic E-state index is 11.0. The molecule has 98 valence electrons. The van der Waals surface area contributed by atoms with Gasteiger partial charge in [-0.2, -0.15) is 0 Å². The average molecular weight is 240 g/mol. The van der Waals surface area contributed by atoms with Crippen LogP contribution in [0.15, 0.2) is 0 Å². The second-order valence-corrected chi connectivity index (χ2v) is 7.11. The van der Waals surface area contributed by atoms with Crippen LogP contribution in [0.2, 0.25) is 0 Å². The van der Waals surface area contributed by atoms with Crippen molar-refractivity contribution in [3.8, 4) is 0 Å². The first-order valence-corrected chi connectivity index (χ1v) is 6.60. The third kappa shape index (κ3) is 1.70. The Balaban J connectivity index is 2.20. The van der Waals surface area contributed by atoms with Gasteiger partial charge in [-0.1, -0.05) is 27.7 Å². The highest BCUT2D eigenvalue weighted by atomic mass is 16.4. The molecule has 0 saturated heterocycles. The third-order valence-corrected chi connectivity index (χ3v) is 5.75. The number of carboxylic acids is 1. The number of carbonyl (C=O) groups is 1. The predicted octanol–water partition coefficient (Wildman–Crippen LogP) is 2.53. The molecule has 3 aliphatic rings. The van der Waals surface area contributed by atoms with Crippen LogP contribution in [0.25, 0.3) is 0 Å². The molecule has 0 amide bonds. The summed E-state index contributed by atoms with van der Waals surface area (Å²) >= 11 is 0. The molecular weight excluding hydrogens is 216 g/mol. The van der Waals surface area contributed by atoms with Gasteiger partial charge in [-0.15, -0.1) is 0 Å². The fourth-order valence-electron chi connectivity index (χ4n) is 4.22. The highest BCUT2D eigenvalue weighted by Gasteiger charge is 2.59. The molecule has 3 heteroatoms. The van der Waals surface area contributed by atoms with Gasteiger partial charge in [-0.3, -0.25) is 0 Å². The van der Waals surface area contributed by atoms with Crippen molar-refractivity contribution >= 4 is 5.97 Å². The lowest BCUT2D eigenvalue weighted by atomic mass is 9.42. The first kappa shape index (κ1) is 12.9. The van der Waals surface area contributed by atoms with Crippen LogP contribution in [0.1, 0.15) is 47.0 Å². The molecule has 0 aromatic rings. The van der Waals surface area contributed by atoms with Crippen molar-refractivity contribution in [3.05, 3.63) is 0 Å². The Kier molecular flexibility index (Phi) is 2.81. The quantitative estimate of drug-likeness (QED) is 0.797. The monoisotopic (exact) mass is 240 g/mol. The van der Waals surface area contributed by atoms with Crippen molar-refractivity contribution < 1.29 is 15.0 Å². The number of aliphatic carboxylic acids is 1. The minimum atomic E-state index is -1.25. The summed E-state index contributed by atoms with van der Waals surface area (Å²) in [6, 6.07) is 0. The van der Waals surface area contributed by atoms with Crippen molar-refractivity contribution in [1.82, 2.24) is 0 Å². The van der Waals surface area contributed by atoms with Gasteiger partial charge in [-0.25, -0.2) is 4.79 Å². The molecule has 3 aliphatic carbocycles. The van der Waals surface area contributed by atoms with Crippen molar-refractivity contribution in [1.29, 1.82) is 0 Å². The van der Waals surface area contributed by atoms with E-state index in [0.717, 1.165) is 12.3 Å². The molecule has 0 aromatic heterocycles. The van der Waals surface area contributed by atoms with Crippen LogP contribution >= 0.6 is 0 Å². The van der Waals surface area contributed by atoms with E-state index in [-0.39, 0.29) is 0 Å². The molecule has 0 aliphatic heterocycles. The van der Waals surface area contributed by atoms with E-state index in [1.54, 1.807) is 0 Å². The van der Waals surface area contributed by atoms with Crippen LogP contribution in [-0.2, 0) is 4.79 Å². The van der Waals surface area contributed by atoms with Gasteiger partial charge in [0.15, 0.2) is 6.10 Å². The number of fused-ring (bicyclic) bond motifs is 2. The molecule has 4 atom stereocenters. The maximum absolute atomic E-state index is 11.0. The van der Waals surface area contributed by atoms with Gasteiger partial charge in [0.25, 0.3) is 0 Å². The number of hydrogen-bond donors (Lipinski definition) is 2. The SMILES string of the molecule is CC1(C)C2CCC(C(C)(C)C(O)C(=O)O)C1C2. The lowest BCUT2D eigenvalue weighted by Crippen LogP contribution is -2.58. The summed E-state index contributed by atoms with van der Waals surface area (Å²) in [4.78, 5) is 11.0. The smallest absolute Gasteiger partial charge is 0.333 e. The lowest BCUT2D eigenvalue weighted by molar-refractivity contribution is -0.178. The Labute approximate surface area is 103 Å². The molecular formula is C14H24O3. The van der Waals surface area contributed by atoms with E-state index < -0.39 is 17.5 Å². The van der Waals surface area contributed by atoms with E-state index in [9.17, 15) is 9.90 Å². The highest BCUT2D eigenvalue weighted by Crippen LogP contribution is 2.64. The number of aliphatic hydroxyl groups is 1. The van der Waals surface area contributed by atoms with Crippen LogP contribution in [-0.4, -0.2) is 22.3 Å². The van der Waals surface area contributed by atoms with Gasteiger partial charge in [0.05, 0.1) is 0 Å². The van der Waals surface area contributed by atoms with Crippen molar-refractivity contribution in [2.24, 2.45) is 28.6 Å². The van der Waals surface area contributed by atoms with Gasteiger partial charge < -0.3 is 10.2 Å². The zero-order valence-corrected chi connectivity index (χ0v) is 11.2. The molecule has 3 fully saturated rings. The number of carboxylic acid groups (broad SMARTS) is 1. The molecule has 2 bridgehead atoms. The molecule has 17 heavy (non-hydrogen) atoms. The Morgan fingerprint density at radius 1 is 1.35 bits per heavy atom. The van der Waals surface area contributed by atoms with Gasteiger partial charge in [0, 0.05) is 5.41 Å². The normalized spacial score (nSPS) is 37.1. The summed E-state index contributed by atoms with van der Waals surface area (Å²) in [6.45, 7) is 8.40. The molecule has 0 radical (unpaired) electrons. The van der Waals surface area contributed by atoms with Crippen LogP contribution in [0.5, 0.6) is 0 Å². The van der Waals surface area contributed by atoms with E-state index in [1.165, 1.54) is 12.8 Å². The number of aliphatic hydroxyl groups excluding tert-OH is 1. The van der Waals surface area contributed by atoms with Crippen molar-refractivity contribution in [2.45, 2.75) is 53.1 Å². The molecule has 2 N–H and O–H groups in total. The summed E-state index contributed by atoms with van der Waals surface area (Å²) in [6.07, 6.45) is 2.22. The third-order valence-electron chi connectivity index (χ3n) is 5.75. The number of hydrogen-bond acceptors (Lipinski definition) is 2. The fraction of sp³-hybridized carbons (Fsp3) is 0.929. The van der Waals surface area contributed by atoms with Crippen LogP contribution in [0, 0.1) is 28.6 Å². The van der Waals surface area contributed by atoms with E-state index in [1.807, 2.05) is 13.8 Å². The van der Waals surface area contributed by atoms with Crippen LogP contribution in [0.4, 0.5) is 0 Å². The number of rotatable bonds is 3. The van der Waals surface area contributed by atoms with E-state index in [2.05, 4.69) is 13.8 Å². The summed E-state index contributed by atoms with van der Waals surface area (Å²) in [5.74, 6) is 0.620. The Bertz CT molecular complexity index is 330. The second kappa shape index (κ2) is 3.71. The van der Waals surface area contributed by atoms with E-state index >= 15 is 0 Å². The van der Waals surface area contributed by atoms with Gasteiger partial charge >= 0.3 is 5.97 Å². The molecule has 0 spiro atoms. The molecule has 4 unspecified atom stereocenters. The predicted molar refractivity (Wildman–Crippen MR) is 65.5 cm³/mol. The standard InChI is InChI=1S/C14H24O3/c1-13(2)8-5-6-9(10(13)7-8)14(3,4)11(15)12(16)17/h8-11,15H,5-7H2,1-4H3,(H,16,17). The highest BCUT2D eigenvalue weighted by molar-refractivity contribution is 5.73. The zero-order valence-electron chi connectivity index (χ0n) is 11.2. The summed E-state index contributed by atoms with van der Waals surface area (Å²) in [5.41, 5.74) is -0.197. The first-order chi connectivity index (χ1) is 7.69. The second-order valence-electron chi connectivity index (χ2n) is 7.11. The lowest BCUT2D eigenvalue weighted by Gasteiger charge is -2.63. The topological polar surface area (TPSA) is 57.5 Å². The average Bonchev–Trinajstić information content (AvgIpc) is 2.27. The minimum Gasteiger partial charge on any atom is -0.479 e. The van der Waals surface area contributed by atoms with Crippen LogP contribution in [0.3, 0.4) is 0 Å². The molecule has 0 aromatic carbocycles. The van der Waals surface area contributed by atoms with E-state index in [0.29, 0.717) is 17.3 Å². The van der Waals surface area contributed by atoms with E-state index in [4.69, 9.17) is 5.11 Å². The first-order valence-electron chi connectivity index (χ1n) is 6.60. The summed E-state index contributed by atoms with van der Waals surface area (Å²) < 4.78 is 0. The van der Waals surface area contributed by atoms with Gasteiger partial charge in [-0.05, 0) is 42.4 Å². The zero-order chi connectivity index (χ0) is 13.0. The maximum Gasteiger partial charge on any atom is 0.333 e. The Morgan fingerprint density at radius 3 is 2.35 bits per heavy atom. The Hall–Kier alpha value is -0.570. The van der Waals surface area contributed by atoms with Crippen molar-refractivity contribution in [3.63, 3.8) is 0 Å². The molecule has 0 heterocycles. The van der Waals surface area contributed by atoms with Crippen LogP contribution < -0.4 is 0 Å². The minimum absolute atomic E-state index is 0.327. The molecule has 3 rings (SSSR count). The van der Waals surface area contributed by atoms with Gasteiger partial charge in [0.2, 0.25) is 0 Å². The molecule has 3 nitrogen and oxygen atoms in total. The molecule has 3 saturated carbocycles.